The molecule has 0 aliphatic carbocycles. The Balaban J connectivity index is 2.46. The van der Waals surface area contributed by atoms with E-state index in [1.807, 2.05) is 17.8 Å². The zero-order valence-corrected chi connectivity index (χ0v) is 10.8. The lowest BCUT2D eigenvalue weighted by molar-refractivity contribution is 0.574. The number of hydrogen-bond acceptors (Lipinski definition) is 3. The van der Waals surface area contributed by atoms with E-state index in [1.165, 1.54) is 12.1 Å². The first-order valence-electron chi connectivity index (χ1n) is 5.01. The quantitative estimate of drug-likeness (QED) is 0.672. The fourth-order valence-electron chi connectivity index (χ4n) is 1.69. The van der Waals surface area contributed by atoms with Gasteiger partial charge < -0.3 is 4.57 Å². The normalized spacial score (nSPS) is 12.7. The number of benzene rings is 1. The molecule has 2 rings (SSSR count). The van der Waals surface area contributed by atoms with Crippen molar-refractivity contribution < 1.29 is 4.39 Å². The first-order chi connectivity index (χ1) is 8.13. The van der Waals surface area contributed by atoms with Crippen molar-refractivity contribution in [1.82, 2.24) is 15.0 Å². The van der Waals surface area contributed by atoms with Crippen LogP contribution in [0.3, 0.4) is 0 Å². The van der Waals surface area contributed by atoms with E-state index in [1.54, 1.807) is 12.3 Å². The van der Waals surface area contributed by atoms with Crippen LogP contribution in [0.2, 0.25) is 0 Å². The molecule has 0 radical (unpaired) electrons. The van der Waals surface area contributed by atoms with E-state index in [4.69, 9.17) is 5.84 Å². The van der Waals surface area contributed by atoms with Gasteiger partial charge in [0.1, 0.15) is 17.7 Å². The summed E-state index contributed by atoms with van der Waals surface area (Å²) < 4.78 is 15.6. The molecule has 0 aliphatic heterocycles. The smallest absolute Gasteiger partial charge is 0.131 e. The van der Waals surface area contributed by atoms with E-state index in [9.17, 15) is 4.39 Å². The molecule has 3 N–H and O–H groups in total. The summed E-state index contributed by atoms with van der Waals surface area (Å²) in [7, 11) is 1.88. The largest absolute Gasteiger partial charge is 0.336 e. The first-order valence-corrected chi connectivity index (χ1v) is 5.81. The number of nitrogens with one attached hydrogen (secondary N) is 1. The van der Waals surface area contributed by atoms with Gasteiger partial charge in [0.15, 0.2) is 0 Å². The van der Waals surface area contributed by atoms with Crippen molar-refractivity contribution in [3.05, 3.63) is 52.3 Å². The lowest BCUT2D eigenvalue weighted by atomic mass is 10.1. The predicted octanol–water partition coefficient (Wildman–Crippen LogP) is 1.87. The number of hydrogen-bond donors (Lipinski definition) is 2. The fraction of sp³-hybridized carbons (Fsp3) is 0.182. The monoisotopic (exact) mass is 298 g/mol. The van der Waals surface area contributed by atoms with E-state index in [-0.39, 0.29) is 11.9 Å². The van der Waals surface area contributed by atoms with Gasteiger partial charge in [0.25, 0.3) is 0 Å². The number of nitrogens with two attached hydrogens (primary N) is 1. The van der Waals surface area contributed by atoms with Crippen LogP contribution in [0.15, 0.2) is 35.1 Å². The van der Waals surface area contributed by atoms with Crippen LogP contribution >= 0.6 is 15.9 Å². The average Bonchev–Trinajstić information content (AvgIpc) is 2.69. The minimum atomic E-state index is -0.295. The third-order valence-corrected chi connectivity index (χ3v) is 3.24. The summed E-state index contributed by atoms with van der Waals surface area (Å²) in [6, 6.07) is 4.19. The Morgan fingerprint density at radius 3 is 2.82 bits per heavy atom. The lowest BCUT2D eigenvalue weighted by Gasteiger charge is -2.17. The summed E-state index contributed by atoms with van der Waals surface area (Å²) in [5.74, 6) is 6.02. The molecule has 1 atom stereocenters. The minimum Gasteiger partial charge on any atom is -0.336 e. The number of rotatable bonds is 3. The van der Waals surface area contributed by atoms with Gasteiger partial charge in [-0.1, -0.05) is 22.0 Å². The Kier molecular flexibility index (Phi) is 3.56. The highest BCUT2D eigenvalue weighted by molar-refractivity contribution is 9.10. The molecule has 0 amide bonds. The Bertz CT molecular complexity index is 526. The van der Waals surface area contributed by atoms with Gasteiger partial charge in [-0.3, -0.25) is 5.84 Å². The van der Waals surface area contributed by atoms with Gasteiger partial charge in [0.2, 0.25) is 0 Å². The molecule has 6 heteroatoms. The molecule has 17 heavy (non-hydrogen) atoms. The second-order valence-corrected chi connectivity index (χ2v) is 4.52. The summed E-state index contributed by atoms with van der Waals surface area (Å²) in [5, 5.41) is 0. The van der Waals surface area contributed by atoms with Crippen LogP contribution in [0.25, 0.3) is 0 Å². The maximum Gasteiger partial charge on any atom is 0.131 e. The zero-order chi connectivity index (χ0) is 12.4. The van der Waals surface area contributed by atoms with Crippen LogP contribution in [0.5, 0.6) is 0 Å². The van der Waals surface area contributed by atoms with Gasteiger partial charge in [0.05, 0.1) is 0 Å². The van der Waals surface area contributed by atoms with Gasteiger partial charge in [-0.05, 0) is 17.7 Å². The minimum absolute atomic E-state index is 0.287. The number of aromatic nitrogens is 2. The molecule has 2 aromatic rings. The molecule has 0 saturated carbocycles. The SMILES string of the molecule is Cn1ccnc1C(NN)c1ccc(F)cc1Br. The molecular weight excluding hydrogens is 287 g/mol. The van der Waals surface area contributed by atoms with Crippen LogP contribution in [-0.4, -0.2) is 9.55 Å². The third-order valence-electron chi connectivity index (χ3n) is 2.56. The third kappa shape index (κ3) is 2.38. The van der Waals surface area contributed by atoms with Crippen LogP contribution in [0, 0.1) is 5.82 Å². The second-order valence-electron chi connectivity index (χ2n) is 3.66. The van der Waals surface area contributed by atoms with Crippen molar-refractivity contribution in [3.8, 4) is 0 Å². The number of nitrogens with zero attached hydrogens (tertiary/aromatic N) is 2. The maximum atomic E-state index is 13.0. The highest BCUT2D eigenvalue weighted by Gasteiger charge is 2.19. The highest BCUT2D eigenvalue weighted by atomic mass is 79.9. The summed E-state index contributed by atoms with van der Waals surface area (Å²) in [5.41, 5.74) is 3.52. The van der Waals surface area contributed by atoms with E-state index in [0.29, 0.717) is 4.47 Å². The molecule has 0 saturated heterocycles. The van der Waals surface area contributed by atoms with Crippen LogP contribution < -0.4 is 11.3 Å². The Morgan fingerprint density at radius 1 is 1.53 bits per heavy atom. The summed E-state index contributed by atoms with van der Waals surface area (Å²) in [4.78, 5) is 4.23. The summed E-state index contributed by atoms with van der Waals surface area (Å²) >= 11 is 3.33. The number of aryl methyl sites for hydroxylation is 1. The van der Waals surface area contributed by atoms with Gasteiger partial charge in [-0.25, -0.2) is 14.8 Å². The van der Waals surface area contributed by atoms with Crippen molar-refractivity contribution in [1.29, 1.82) is 0 Å². The fourth-order valence-corrected chi connectivity index (χ4v) is 2.27. The van der Waals surface area contributed by atoms with Crippen molar-refractivity contribution in [3.63, 3.8) is 0 Å². The van der Waals surface area contributed by atoms with E-state index in [0.717, 1.165) is 11.4 Å². The topological polar surface area (TPSA) is 55.9 Å². The lowest BCUT2D eigenvalue weighted by Crippen LogP contribution is -2.31. The molecule has 90 valence electrons. The van der Waals surface area contributed by atoms with Gasteiger partial charge in [0, 0.05) is 23.9 Å². The molecule has 1 heterocycles. The standard InChI is InChI=1S/C11H12BrFN4/c1-17-5-4-15-11(17)10(16-14)8-3-2-7(13)6-9(8)12/h2-6,10,16H,14H2,1H3. The van der Waals surface area contributed by atoms with Crippen molar-refractivity contribution in [2.45, 2.75) is 6.04 Å². The maximum absolute atomic E-state index is 13.0. The van der Waals surface area contributed by atoms with Crippen LogP contribution in [0.4, 0.5) is 4.39 Å². The van der Waals surface area contributed by atoms with Gasteiger partial charge in [-0.2, -0.15) is 0 Å². The van der Waals surface area contributed by atoms with Gasteiger partial charge in [-0.15, -0.1) is 0 Å². The van der Waals surface area contributed by atoms with E-state index < -0.39 is 0 Å². The average molecular weight is 299 g/mol. The Hall–Kier alpha value is -1.24. The second kappa shape index (κ2) is 4.95. The molecule has 0 spiro atoms. The van der Waals surface area contributed by atoms with Crippen molar-refractivity contribution in [2.24, 2.45) is 12.9 Å². The van der Waals surface area contributed by atoms with E-state index in [2.05, 4.69) is 26.3 Å². The first kappa shape index (κ1) is 12.2. The molecule has 1 unspecified atom stereocenters. The zero-order valence-electron chi connectivity index (χ0n) is 9.19. The molecule has 0 fully saturated rings. The predicted molar refractivity (Wildman–Crippen MR) is 66.5 cm³/mol. The van der Waals surface area contributed by atoms with Crippen LogP contribution in [0.1, 0.15) is 17.4 Å². The number of halogens is 2. The molecule has 0 aliphatic rings. The number of hydrazine groups is 1. The summed E-state index contributed by atoms with van der Waals surface area (Å²) in [6.07, 6.45) is 3.52. The molecule has 0 bridgehead atoms. The van der Waals surface area contributed by atoms with Gasteiger partial charge >= 0.3 is 0 Å². The highest BCUT2D eigenvalue weighted by Crippen LogP contribution is 2.27. The summed E-state index contributed by atoms with van der Waals surface area (Å²) in [6.45, 7) is 0. The Labute approximate surface area is 107 Å². The Morgan fingerprint density at radius 2 is 2.29 bits per heavy atom. The molecular formula is C11H12BrFN4. The molecule has 1 aromatic carbocycles. The van der Waals surface area contributed by atoms with Crippen molar-refractivity contribution in [2.75, 3.05) is 0 Å². The van der Waals surface area contributed by atoms with Crippen LogP contribution in [-0.2, 0) is 7.05 Å². The molecule has 4 nitrogen and oxygen atoms in total. The molecule has 1 aromatic heterocycles. The van der Waals surface area contributed by atoms with Crippen molar-refractivity contribution >= 4 is 15.9 Å². The number of imidazole rings is 1. The van der Waals surface area contributed by atoms with E-state index >= 15 is 0 Å².